The predicted octanol–water partition coefficient (Wildman–Crippen LogP) is 4.16. The van der Waals surface area contributed by atoms with Crippen LogP contribution in [0.2, 0.25) is 0 Å². The van der Waals surface area contributed by atoms with Crippen LogP contribution in [-0.4, -0.2) is 18.1 Å². The molecule has 0 bridgehead atoms. The minimum atomic E-state index is -0.619. The van der Waals surface area contributed by atoms with E-state index in [-0.39, 0.29) is 17.3 Å². The molecule has 1 fully saturated rings. The number of anilines is 1. The molecule has 21 heavy (non-hydrogen) atoms. The Labute approximate surface area is 128 Å². The van der Waals surface area contributed by atoms with E-state index in [0.717, 1.165) is 24.1 Å². The molecular formula is C18H27NO2. The molecule has 0 aliphatic heterocycles. The van der Waals surface area contributed by atoms with Crippen molar-refractivity contribution < 1.29 is 9.53 Å². The van der Waals surface area contributed by atoms with Gasteiger partial charge in [0.15, 0.2) is 0 Å². The van der Waals surface area contributed by atoms with Gasteiger partial charge in [-0.2, -0.15) is 0 Å². The lowest BCUT2D eigenvalue weighted by Gasteiger charge is -2.34. The van der Waals surface area contributed by atoms with Gasteiger partial charge in [-0.1, -0.05) is 39.0 Å². The van der Waals surface area contributed by atoms with Gasteiger partial charge in [0, 0.05) is 5.69 Å². The molecule has 1 saturated carbocycles. The molecule has 0 saturated heterocycles. The number of hydrogen-bond donors (Lipinski definition) is 1. The van der Waals surface area contributed by atoms with Crippen LogP contribution in [0.25, 0.3) is 0 Å². The lowest BCUT2D eigenvalue weighted by Crippen LogP contribution is -2.50. The first-order valence-electron chi connectivity index (χ1n) is 7.82. The normalized spacial score (nSPS) is 27.4. The van der Waals surface area contributed by atoms with Crippen LogP contribution in [0.4, 0.5) is 5.69 Å². The third-order valence-electron chi connectivity index (χ3n) is 4.60. The first-order valence-corrected chi connectivity index (χ1v) is 7.82. The van der Waals surface area contributed by atoms with E-state index in [1.807, 2.05) is 25.1 Å². The van der Waals surface area contributed by atoms with Crippen molar-refractivity contribution in [3.8, 4) is 0 Å². The maximum atomic E-state index is 12.7. The molecule has 3 nitrogen and oxygen atoms in total. The monoisotopic (exact) mass is 289 g/mol. The summed E-state index contributed by atoms with van der Waals surface area (Å²) < 4.78 is 5.40. The van der Waals surface area contributed by atoms with Crippen LogP contribution >= 0.6 is 0 Å². The topological polar surface area (TPSA) is 38.3 Å². The Kier molecular flexibility index (Phi) is 4.31. The Bertz CT molecular complexity index is 524. The molecule has 0 radical (unpaired) electrons. The summed E-state index contributed by atoms with van der Waals surface area (Å²) in [5.74, 6) is 0.123. The number of carbonyl (C=O) groups excluding carboxylic acids is 1. The molecule has 0 heterocycles. The number of esters is 1. The molecule has 2 unspecified atom stereocenters. The summed E-state index contributed by atoms with van der Waals surface area (Å²) in [4.78, 5) is 12.7. The van der Waals surface area contributed by atoms with Crippen molar-refractivity contribution in [2.24, 2.45) is 11.3 Å². The fraction of sp³-hybridized carbons (Fsp3) is 0.611. The van der Waals surface area contributed by atoms with Crippen molar-refractivity contribution in [3.63, 3.8) is 0 Å². The van der Waals surface area contributed by atoms with Crippen molar-refractivity contribution in [1.29, 1.82) is 0 Å². The summed E-state index contributed by atoms with van der Waals surface area (Å²) in [6.07, 6.45) is 1.82. The summed E-state index contributed by atoms with van der Waals surface area (Å²) >= 11 is 0. The smallest absolute Gasteiger partial charge is 0.332 e. The molecular weight excluding hydrogens is 262 g/mol. The fourth-order valence-electron chi connectivity index (χ4n) is 3.71. The Morgan fingerprint density at radius 3 is 2.57 bits per heavy atom. The highest BCUT2D eigenvalue weighted by Gasteiger charge is 2.54. The van der Waals surface area contributed by atoms with Gasteiger partial charge >= 0.3 is 5.97 Å². The Morgan fingerprint density at radius 2 is 2.05 bits per heavy atom. The third-order valence-corrected chi connectivity index (χ3v) is 4.60. The first-order chi connectivity index (χ1) is 9.81. The largest absolute Gasteiger partial charge is 0.464 e. The Morgan fingerprint density at radius 1 is 1.38 bits per heavy atom. The van der Waals surface area contributed by atoms with Crippen LogP contribution in [0.3, 0.4) is 0 Å². The summed E-state index contributed by atoms with van der Waals surface area (Å²) in [6.45, 7) is 10.9. The van der Waals surface area contributed by atoms with E-state index in [1.165, 1.54) is 0 Å². The number of benzene rings is 1. The summed E-state index contributed by atoms with van der Waals surface area (Å²) in [6, 6.07) is 8.11. The highest BCUT2D eigenvalue weighted by molar-refractivity contribution is 5.86. The van der Waals surface area contributed by atoms with E-state index < -0.39 is 5.54 Å². The maximum absolute atomic E-state index is 12.7. The molecule has 1 aromatic rings. The number of hydrogen-bond acceptors (Lipinski definition) is 3. The van der Waals surface area contributed by atoms with Gasteiger partial charge in [0.1, 0.15) is 5.54 Å². The second-order valence-electron chi connectivity index (χ2n) is 7.08. The Balaban J connectivity index is 2.38. The fourth-order valence-corrected chi connectivity index (χ4v) is 3.71. The molecule has 2 rings (SSSR count). The first kappa shape index (κ1) is 15.9. The van der Waals surface area contributed by atoms with E-state index in [2.05, 4.69) is 39.1 Å². The van der Waals surface area contributed by atoms with E-state index in [0.29, 0.717) is 6.61 Å². The van der Waals surface area contributed by atoms with Crippen LogP contribution in [0.5, 0.6) is 0 Å². The minimum Gasteiger partial charge on any atom is -0.464 e. The molecule has 0 aromatic heterocycles. The summed E-state index contributed by atoms with van der Waals surface area (Å²) in [5.41, 5.74) is 1.70. The molecule has 0 amide bonds. The van der Waals surface area contributed by atoms with Gasteiger partial charge in [-0.25, -0.2) is 4.79 Å². The lowest BCUT2D eigenvalue weighted by molar-refractivity contribution is -0.150. The van der Waals surface area contributed by atoms with Crippen LogP contribution in [-0.2, 0) is 9.53 Å². The van der Waals surface area contributed by atoms with Gasteiger partial charge in [-0.3, -0.25) is 0 Å². The number of ether oxygens (including phenoxy) is 1. The van der Waals surface area contributed by atoms with E-state index >= 15 is 0 Å². The van der Waals surface area contributed by atoms with E-state index in [1.54, 1.807) is 0 Å². The number of rotatable bonds is 4. The third kappa shape index (κ3) is 3.07. The van der Waals surface area contributed by atoms with Gasteiger partial charge in [0.05, 0.1) is 6.61 Å². The molecule has 2 atom stereocenters. The van der Waals surface area contributed by atoms with Crippen molar-refractivity contribution in [2.75, 3.05) is 11.9 Å². The van der Waals surface area contributed by atoms with Gasteiger partial charge < -0.3 is 10.1 Å². The number of carbonyl (C=O) groups is 1. The molecule has 116 valence electrons. The molecule has 3 heteroatoms. The summed E-state index contributed by atoms with van der Waals surface area (Å²) in [5, 5.41) is 3.54. The highest BCUT2D eigenvalue weighted by Crippen LogP contribution is 2.49. The summed E-state index contributed by atoms with van der Waals surface area (Å²) in [7, 11) is 0. The maximum Gasteiger partial charge on any atom is 0.332 e. The second kappa shape index (κ2) is 5.70. The second-order valence-corrected chi connectivity index (χ2v) is 7.08. The lowest BCUT2D eigenvalue weighted by atomic mass is 9.85. The zero-order valence-electron chi connectivity index (χ0n) is 13.8. The van der Waals surface area contributed by atoms with Crippen LogP contribution < -0.4 is 5.32 Å². The quantitative estimate of drug-likeness (QED) is 0.846. The number of nitrogens with one attached hydrogen (secondary N) is 1. The average Bonchev–Trinajstić information content (AvgIpc) is 2.63. The number of aryl methyl sites for hydroxylation is 1. The molecule has 1 aliphatic rings. The van der Waals surface area contributed by atoms with Crippen molar-refractivity contribution in [3.05, 3.63) is 29.8 Å². The van der Waals surface area contributed by atoms with Crippen LogP contribution in [0.15, 0.2) is 24.3 Å². The zero-order chi connectivity index (χ0) is 15.7. The van der Waals surface area contributed by atoms with Crippen molar-refractivity contribution >= 4 is 11.7 Å². The van der Waals surface area contributed by atoms with E-state index in [9.17, 15) is 4.79 Å². The van der Waals surface area contributed by atoms with Gasteiger partial charge in [-0.15, -0.1) is 0 Å². The SMILES string of the molecule is CCOC(=O)C1(Nc2ccccc2C)CC(C)(C)CC1C. The van der Waals surface area contributed by atoms with E-state index in [4.69, 9.17) is 4.74 Å². The minimum absolute atomic E-state index is 0.119. The highest BCUT2D eigenvalue weighted by atomic mass is 16.5. The van der Waals surface area contributed by atoms with Crippen LogP contribution in [0, 0.1) is 18.3 Å². The zero-order valence-corrected chi connectivity index (χ0v) is 13.8. The van der Waals surface area contributed by atoms with Gasteiger partial charge in [0.25, 0.3) is 0 Å². The molecule has 1 N–H and O–H groups in total. The van der Waals surface area contributed by atoms with Gasteiger partial charge in [0.2, 0.25) is 0 Å². The molecule has 0 spiro atoms. The molecule has 1 aromatic carbocycles. The predicted molar refractivity (Wildman–Crippen MR) is 86.3 cm³/mol. The standard InChI is InChI=1S/C18H27NO2/c1-6-21-16(20)18(12-17(4,5)11-14(18)3)19-15-10-8-7-9-13(15)2/h7-10,14,19H,6,11-12H2,1-5H3. The number of para-hydroxylation sites is 1. The van der Waals surface area contributed by atoms with Crippen molar-refractivity contribution in [1.82, 2.24) is 0 Å². The molecule has 1 aliphatic carbocycles. The average molecular weight is 289 g/mol. The van der Waals surface area contributed by atoms with Crippen LogP contribution in [0.1, 0.15) is 46.1 Å². The van der Waals surface area contributed by atoms with Crippen molar-refractivity contribution in [2.45, 2.75) is 53.0 Å². The van der Waals surface area contributed by atoms with Gasteiger partial charge in [-0.05, 0) is 49.7 Å². The Hall–Kier alpha value is -1.51.